The summed E-state index contributed by atoms with van der Waals surface area (Å²) in [5, 5.41) is 0. The fourth-order valence-corrected chi connectivity index (χ4v) is 2.42. The van der Waals surface area contributed by atoms with Crippen LogP contribution in [-0.2, 0) is 5.88 Å². The second-order valence-electron chi connectivity index (χ2n) is 4.45. The van der Waals surface area contributed by atoms with Crippen LogP contribution in [0.4, 0.5) is 8.78 Å². The smallest absolute Gasteiger partial charge is 0.160 e. The van der Waals surface area contributed by atoms with Crippen LogP contribution in [-0.4, -0.2) is 16.7 Å². The number of benzene rings is 2. The Morgan fingerprint density at radius 2 is 1.95 bits per heavy atom. The number of halogens is 3. The predicted molar refractivity (Wildman–Crippen MR) is 77.1 cm³/mol. The first-order valence-electron chi connectivity index (χ1n) is 6.21. The molecule has 0 spiro atoms. The van der Waals surface area contributed by atoms with Crippen LogP contribution >= 0.6 is 11.6 Å². The lowest BCUT2D eigenvalue weighted by molar-refractivity contribution is 0.415. The summed E-state index contributed by atoms with van der Waals surface area (Å²) in [4.78, 5) is 4.40. The molecule has 6 heteroatoms. The molecule has 0 saturated heterocycles. The van der Waals surface area contributed by atoms with Crippen molar-refractivity contribution in [3.05, 3.63) is 53.9 Å². The molecule has 0 saturated carbocycles. The Hall–Kier alpha value is -2.14. The van der Waals surface area contributed by atoms with E-state index in [-0.39, 0.29) is 5.88 Å². The molecule has 108 valence electrons. The Morgan fingerprint density at radius 1 is 1.14 bits per heavy atom. The Bertz CT molecular complexity index is 817. The zero-order valence-corrected chi connectivity index (χ0v) is 11.9. The largest absolute Gasteiger partial charge is 0.497 e. The molecule has 0 amide bonds. The van der Waals surface area contributed by atoms with E-state index >= 15 is 0 Å². The number of hydrogen-bond acceptors (Lipinski definition) is 2. The van der Waals surface area contributed by atoms with E-state index in [4.69, 9.17) is 16.3 Å². The van der Waals surface area contributed by atoms with E-state index in [1.54, 1.807) is 29.9 Å². The highest BCUT2D eigenvalue weighted by atomic mass is 35.5. The molecule has 0 fully saturated rings. The Kier molecular flexibility index (Phi) is 3.51. The minimum Gasteiger partial charge on any atom is -0.497 e. The van der Waals surface area contributed by atoms with E-state index in [1.165, 1.54) is 6.07 Å². The molecule has 3 aromatic rings. The van der Waals surface area contributed by atoms with Gasteiger partial charge in [0.2, 0.25) is 0 Å². The SMILES string of the molecule is COc1ccc2c(c1)nc(CCl)n2-c1ccc(F)c(F)c1. The van der Waals surface area contributed by atoms with E-state index in [2.05, 4.69) is 4.98 Å². The van der Waals surface area contributed by atoms with Gasteiger partial charge in [0.05, 0.1) is 29.7 Å². The molecule has 0 aliphatic carbocycles. The Morgan fingerprint density at radius 3 is 2.62 bits per heavy atom. The molecule has 2 aromatic carbocycles. The zero-order chi connectivity index (χ0) is 15.0. The summed E-state index contributed by atoms with van der Waals surface area (Å²) in [5.74, 6) is -0.444. The molecular weight excluding hydrogens is 298 g/mol. The summed E-state index contributed by atoms with van der Waals surface area (Å²) in [6, 6.07) is 9.03. The molecule has 3 rings (SSSR count). The molecule has 1 heterocycles. The minimum absolute atomic E-state index is 0.149. The quantitative estimate of drug-likeness (QED) is 0.683. The van der Waals surface area contributed by atoms with Gasteiger partial charge in [0.25, 0.3) is 0 Å². The van der Waals surface area contributed by atoms with Crippen molar-refractivity contribution in [2.45, 2.75) is 5.88 Å². The summed E-state index contributed by atoms with van der Waals surface area (Å²) in [5.41, 5.74) is 1.89. The number of rotatable bonds is 3. The van der Waals surface area contributed by atoms with Gasteiger partial charge in [-0.1, -0.05) is 0 Å². The highest BCUT2D eigenvalue weighted by molar-refractivity contribution is 6.17. The van der Waals surface area contributed by atoms with Gasteiger partial charge in [0.1, 0.15) is 11.6 Å². The minimum atomic E-state index is -0.914. The molecule has 0 aliphatic rings. The maximum absolute atomic E-state index is 13.5. The number of imidazole rings is 1. The van der Waals surface area contributed by atoms with E-state index in [0.717, 1.165) is 17.6 Å². The van der Waals surface area contributed by atoms with Crippen LogP contribution in [0, 0.1) is 11.6 Å². The topological polar surface area (TPSA) is 27.1 Å². The van der Waals surface area contributed by atoms with Gasteiger partial charge in [0.15, 0.2) is 11.6 Å². The van der Waals surface area contributed by atoms with Gasteiger partial charge in [-0.3, -0.25) is 4.57 Å². The van der Waals surface area contributed by atoms with Crippen molar-refractivity contribution in [2.24, 2.45) is 0 Å². The molecule has 0 unspecified atom stereocenters. The van der Waals surface area contributed by atoms with Gasteiger partial charge in [-0.05, 0) is 24.3 Å². The Balaban J connectivity index is 2.26. The van der Waals surface area contributed by atoms with Gasteiger partial charge < -0.3 is 4.74 Å². The third-order valence-electron chi connectivity index (χ3n) is 3.21. The highest BCUT2D eigenvalue weighted by Gasteiger charge is 2.14. The normalized spacial score (nSPS) is 11.0. The molecule has 0 N–H and O–H groups in total. The van der Waals surface area contributed by atoms with Crippen LogP contribution in [0.1, 0.15) is 5.82 Å². The van der Waals surface area contributed by atoms with Crippen molar-refractivity contribution in [1.29, 1.82) is 0 Å². The number of ether oxygens (including phenoxy) is 1. The highest BCUT2D eigenvalue weighted by Crippen LogP contribution is 2.26. The van der Waals surface area contributed by atoms with Gasteiger partial charge in [-0.2, -0.15) is 0 Å². The lowest BCUT2D eigenvalue weighted by Gasteiger charge is -2.08. The lowest BCUT2D eigenvalue weighted by atomic mass is 10.2. The van der Waals surface area contributed by atoms with Crippen molar-refractivity contribution < 1.29 is 13.5 Å². The molecule has 21 heavy (non-hydrogen) atoms. The average Bonchev–Trinajstić information content (AvgIpc) is 2.87. The van der Waals surface area contributed by atoms with E-state index < -0.39 is 11.6 Å². The lowest BCUT2D eigenvalue weighted by Crippen LogP contribution is -2.00. The fraction of sp³-hybridized carbons (Fsp3) is 0.133. The van der Waals surface area contributed by atoms with Gasteiger partial charge in [-0.25, -0.2) is 13.8 Å². The van der Waals surface area contributed by atoms with Crippen LogP contribution < -0.4 is 4.74 Å². The summed E-state index contributed by atoms with van der Waals surface area (Å²) >= 11 is 5.92. The summed E-state index contributed by atoms with van der Waals surface area (Å²) in [6.45, 7) is 0. The first kappa shape index (κ1) is 13.8. The first-order chi connectivity index (χ1) is 10.1. The molecule has 0 atom stereocenters. The average molecular weight is 309 g/mol. The van der Waals surface area contributed by atoms with Crippen molar-refractivity contribution in [1.82, 2.24) is 9.55 Å². The molecule has 3 nitrogen and oxygen atoms in total. The molecular formula is C15H11ClF2N2O. The third kappa shape index (κ3) is 2.34. The van der Waals surface area contributed by atoms with Crippen molar-refractivity contribution in [3.8, 4) is 11.4 Å². The second kappa shape index (κ2) is 5.33. The maximum atomic E-state index is 13.5. The summed E-state index contributed by atoms with van der Waals surface area (Å²) in [6.07, 6.45) is 0. The zero-order valence-electron chi connectivity index (χ0n) is 11.1. The number of alkyl halides is 1. The predicted octanol–water partition coefficient (Wildman–Crippen LogP) is 4.05. The van der Waals surface area contributed by atoms with Crippen molar-refractivity contribution in [2.75, 3.05) is 7.11 Å². The standard InChI is InChI=1S/C15H11ClF2N2O/c1-21-10-3-5-14-13(7-10)19-15(8-16)20(14)9-2-4-11(17)12(18)6-9/h2-7H,8H2,1H3. The van der Waals surface area contributed by atoms with Crippen LogP contribution in [0.25, 0.3) is 16.7 Å². The first-order valence-corrected chi connectivity index (χ1v) is 6.74. The van der Waals surface area contributed by atoms with E-state index in [9.17, 15) is 8.78 Å². The van der Waals surface area contributed by atoms with Gasteiger partial charge in [0, 0.05) is 12.1 Å². The van der Waals surface area contributed by atoms with E-state index in [0.29, 0.717) is 22.8 Å². The summed E-state index contributed by atoms with van der Waals surface area (Å²) in [7, 11) is 1.57. The van der Waals surface area contributed by atoms with Crippen LogP contribution in [0.5, 0.6) is 5.75 Å². The summed E-state index contributed by atoms with van der Waals surface area (Å²) < 4.78 is 33.4. The number of hydrogen-bond donors (Lipinski definition) is 0. The number of nitrogens with zero attached hydrogens (tertiary/aromatic N) is 2. The fourth-order valence-electron chi connectivity index (χ4n) is 2.24. The maximum Gasteiger partial charge on any atom is 0.160 e. The van der Waals surface area contributed by atoms with Crippen LogP contribution in [0.3, 0.4) is 0 Å². The number of fused-ring (bicyclic) bond motifs is 1. The van der Waals surface area contributed by atoms with Crippen molar-refractivity contribution >= 4 is 22.6 Å². The third-order valence-corrected chi connectivity index (χ3v) is 3.45. The number of aromatic nitrogens is 2. The molecule has 1 aromatic heterocycles. The van der Waals surface area contributed by atoms with Crippen LogP contribution in [0.15, 0.2) is 36.4 Å². The van der Waals surface area contributed by atoms with Crippen LogP contribution in [0.2, 0.25) is 0 Å². The molecule has 0 bridgehead atoms. The second-order valence-corrected chi connectivity index (χ2v) is 4.72. The van der Waals surface area contributed by atoms with E-state index in [1.807, 2.05) is 0 Å². The van der Waals surface area contributed by atoms with Gasteiger partial charge in [-0.15, -0.1) is 11.6 Å². The van der Waals surface area contributed by atoms with Gasteiger partial charge >= 0.3 is 0 Å². The number of methoxy groups -OCH3 is 1. The Labute approximate surface area is 124 Å². The molecule has 0 radical (unpaired) electrons. The molecule has 0 aliphatic heterocycles. The van der Waals surface area contributed by atoms with Crippen molar-refractivity contribution in [3.63, 3.8) is 0 Å². The monoisotopic (exact) mass is 308 g/mol.